The summed E-state index contributed by atoms with van der Waals surface area (Å²) in [5, 5.41) is 2.75. The summed E-state index contributed by atoms with van der Waals surface area (Å²) >= 11 is 0. The van der Waals surface area contributed by atoms with Gasteiger partial charge in [-0.2, -0.15) is 0 Å². The molecular weight excluding hydrogens is 404 g/mol. The summed E-state index contributed by atoms with van der Waals surface area (Å²) in [7, 11) is -2.15. The Bertz CT molecular complexity index is 1100. The van der Waals surface area contributed by atoms with Gasteiger partial charge in [-0.05, 0) is 42.5 Å². The van der Waals surface area contributed by atoms with Crippen LogP contribution in [0.4, 0.5) is 5.69 Å². The number of ether oxygens (including phenoxy) is 2. The number of carbonyl (C=O) groups is 1. The molecule has 3 aromatic carbocycles. The highest BCUT2D eigenvalue weighted by Crippen LogP contribution is 2.19. The maximum Gasteiger partial charge on any atom is 0.261 e. The Morgan fingerprint density at radius 2 is 1.63 bits per heavy atom. The highest BCUT2D eigenvalue weighted by atomic mass is 32.2. The molecule has 0 aliphatic carbocycles. The highest BCUT2D eigenvalue weighted by molar-refractivity contribution is 7.92. The van der Waals surface area contributed by atoms with Gasteiger partial charge in [0.2, 0.25) is 0 Å². The number of sulfonamides is 1. The molecule has 0 aromatic heterocycles. The molecule has 156 valence electrons. The molecule has 30 heavy (non-hydrogen) atoms. The third-order valence-electron chi connectivity index (χ3n) is 4.13. The van der Waals surface area contributed by atoms with Crippen molar-refractivity contribution in [1.82, 2.24) is 5.32 Å². The average Bonchev–Trinajstić information content (AvgIpc) is 2.77. The first kappa shape index (κ1) is 21.2. The van der Waals surface area contributed by atoms with E-state index in [-0.39, 0.29) is 24.0 Å². The molecule has 0 fully saturated rings. The van der Waals surface area contributed by atoms with Crippen molar-refractivity contribution in [2.75, 3.05) is 25.0 Å². The zero-order valence-electron chi connectivity index (χ0n) is 16.4. The molecule has 0 bridgehead atoms. The highest BCUT2D eigenvalue weighted by Gasteiger charge is 2.14. The number of benzene rings is 3. The van der Waals surface area contributed by atoms with Crippen molar-refractivity contribution in [3.63, 3.8) is 0 Å². The maximum absolute atomic E-state index is 12.4. The molecule has 0 saturated carbocycles. The fourth-order valence-electron chi connectivity index (χ4n) is 2.66. The topological polar surface area (TPSA) is 93.7 Å². The van der Waals surface area contributed by atoms with Crippen molar-refractivity contribution in [1.29, 1.82) is 0 Å². The second-order valence-electron chi connectivity index (χ2n) is 6.28. The normalized spacial score (nSPS) is 10.8. The average molecular weight is 426 g/mol. The molecule has 0 spiro atoms. The first-order chi connectivity index (χ1) is 14.5. The number of anilines is 1. The van der Waals surface area contributed by atoms with Crippen LogP contribution in [0.5, 0.6) is 11.5 Å². The molecule has 0 heterocycles. The van der Waals surface area contributed by atoms with Crippen molar-refractivity contribution in [3.8, 4) is 11.5 Å². The number of amides is 1. The summed E-state index contributed by atoms with van der Waals surface area (Å²) in [6.07, 6.45) is 0. The molecule has 8 heteroatoms. The molecule has 3 rings (SSSR count). The third kappa shape index (κ3) is 5.74. The van der Waals surface area contributed by atoms with Gasteiger partial charge in [0, 0.05) is 17.3 Å². The van der Waals surface area contributed by atoms with Crippen LogP contribution in [-0.4, -0.2) is 34.6 Å². The minimum absolute atomic E-state index is 0.148. The van der Waals surface area contributed by atoms with Crippen molar-refractivity contribution in [2.24, 2.45) is 0 Å². The molecule has 0 saturated heterocycles. The van der Waals surface area contributed by atoms with Crippen LogP contribution in [0.25, 0.3) is 0 Å². The van der Waals surface area contributed by atoms with Crippen LogP contribution in [-0.2, 0) is 10.0 Å². The van der Waals surface area contributed by atoms with Gasteiger partial charge < -0.3 is 14.8 Å². The van der Waals surface area contributed by atoms with Crippen LogP contribution in [0, 0.1) is 0 Å². The first-order valence-corrected chi connectivity index (χ1v) is 10.7. The van der Waals surface area contributed by atoms with Crippen LogP contribution in [0.1, 0.15) is 10.4 Å². The molecule has 2 N–H and O–H groups in total. The minimum Gasteiger partial charge on any atom is -0.497 e. The Labute approximate surface area is 175 Å². The van der Waals surface area contributed by atoms with Crippen LogP contribution < -0.4 is 19.5 Å². The molecule has 1 amide bonds. The molecule has 0 aliphatic rings. The van der Waals surface area contributed by atoms with Gasteiger partial charge in [-0.3, -0.25) is 9.52 Å². The van der Waals surface area contributed by atoms with E-state index in [1.54, 1.807) is 55.6 Å². The van der Waals surface area contributed by atoms with Crippen molar-refractivity contribution < 1.29 is 22.7 Å². The van der Waals surface area contributed by atoms with Crippen molar-refractivity contribution in [2.45, 2.75) is 4.90 Å². The molecule has 0 atom stereocenters. The number of hydrogen-bond donors (Lipinski definition) is 2. The predicted octanol–water partition coefficient (Wildman–Crippen LogP) is 3.30. The van der Waals surface area contributed by atoms with Gasteiger partial charge in [0.1, 0.15) is 18.1 Å². The van der Waals surface area contributed by atoms with Gasteiger partial charge in [-0.1, -0.05) is 30.3 Å². The SMILES string of the molecule is COc1cccc(OCCNC(=O)c2cccc(NS(=O)(=O)c3ccccc3)c2)c1. The number of carbonyl (C=O) groups excluding carboxylic acids is 1. The van der Waals surface area contributed by atoms with E-state index in [9.17, 15) is 13.2 Å². The summed E-state index contributed by atoms with van der Waals surface area (Å²) < 4.78 is 38.1. The van der Waals surface area contributed by atoms with Gasteiger partial charge in [0.05, 0.1) is 18.6 Å². The van der Waals surface area contributed by atoms with E-state index in [2.05, 4.69) is 10.0 Å². The van der Waals surface area contributed by atoms with Gasteiger partial charge in [-0.25, -0.2) is 8.42 Å². The molecule has 0 aliphatic heterocycles. The second-order valence-corrected chi connectivity index (χ2v) is 7.97. The van der Waals surface area contributed by atoms with E-state index in [0.29, 0.717) is 22.7 Å². The Balaban J connectivity index is 1.55. The lowest BCUT2D eigenvalue weighted by Gasteiger charge is -2.11. The van der Waals surface area contributed by atoms with Gasteiger partial charge >= 0.3 is 0 Å². The van der Waals surface area contributed by atoms with Crippen molar-refractivity contribution >= 4 is 21.6 Å². The summed E-state index contributed by atoms with van der Waals surface area (Å²) in [5.41, 5.74) is 0.642. The van der Waals surface area contributed by atoms with Crippen LogP contribution in [0.3, 0.4) is 0 Å². The van der Waals surface area contributed by atoms with E-state index in [1.807, 2.05) is 12.1 Å². The molecule has 0 unspecified atom stereocenters. The Morgan fingerprint density at radius 3 is 2.40 bits per heavy atom. The molecule has 7 nitrogen and oxygen atoms in total. The Kier molecular flexibility index (Phi) is 6.92. The van der Waals surface area contributed by atoms with Crippen molar-refractivity contribution in [3.05, 3.63) is 84.4 Å². The standard InChI is InChI=1S/C22H22N2O5S/c1-28-19-9-6-10-20(16-19)29-14-13-23-22(25)17-7-5-8-18(15-17)24-30(26,27)21-11-3-2-4-12-21/h2-12,15-16,24H,13-14H2,1H3,(H,23,25). The van der Waals surface area contributed by atoms with E-state index in [1.165, 1.54) is 18.2 Å². The van der Waals surface area contributed by atoms with Gasteiger partial charge in [-0.15, -0.1) is 0 Å². The second kappa shape index (κ2) is 9.80. The van der Waals surface area contributed by atoms with Crippen LogP contribution >= 0.6 is 0 Å². The molecular formula is C22H22N2O5S. The molecule has 0 radical (unpaired) electrons. The third-order valence-corrected chi connectivity index (χ3v) is 5.53. The largest absolute Gasteiger partial charge is 0.497 e. The van der Waals surface area contributed by atoms with Crippen LogP contribution in [0.2, 0.25) is 0 Å². The quantitative estimate of drug-likeness (QED) is 0.512. The van der Waals surface area contributed by atoms with E-state index < -0.39 is 10.0 Å². The number of methoxy groups -OCH3 is 1. The fraction of sp³-hybridized carbons (Fsp3) is 0.136. The maximum atomic E-state index is 12.4. The van der Waals surface area contributed by atoms with Gasteiger partial charge in [0.25, 0.3) is 15.9 Å². The number of rotatable bonds is 9. The Hall–Kier alpha value is -3.52. The van der Waals surface area contributed by atoms with E-state index >= 15 is 0 Å². The smallest absolute Gasteiger partial charge is 0.261 e. The fourth-order valence-corrected chi connectivity index (χ4v) is 3.73. The monoisotopic (exact) mass is 426 g/mol. The minimum atomic E-state index is -3.73. The lowest BCUT2D eigenvalue weighted by Crippen LogP contribution is -2.28. The van der Waals surface area contributed by atoms with Crippen LogP contribution in [0.15, 0.2) is 83.8 Å². The summed E-state index contributed by atoms with van der Waals surface area (Å²) in [6, 6.07) is 21.5. The lowest BCUT2D eigenvalue weighted by atomic mass is 10.2. The Morgan fingerprint density at radius 1 is 0.900 bits per heavy atom. The zero-order chi connectivity index (χ0) is 21.4. The van der Waals surface area contributed by atoms with E-state index in [4.69, 9.17) is 9.47 Å². The predicted molar refractivity (Wildman–Crippen MR) is 115 cm³/mol. The lowest BCUT2D eigenvalue weighted by molar-refractivity contribution is 0.0947. The number of hydrogen-bond acceptors (Lipinski definition) is 5. The van der Waals surface area contributed by atoms with Gasteiger partial charge in [0.15, 0.2) is 0 Å². The summed E-state index contributed by atoms with van der Waals surface area (Å²) in [6.45, 7) is 0.565. The van der Waals surface area contributed by atoms with E-state index in [0.717, 1.165) is 0 Å². The number of nitrogens with one attached hydrogen (secondary N) is 2. The first-order valence-electron chi connectivity index (χ1n) is 9.21. The molecule has 3 aromatic rings. The summed E-state index contributed by atoms with van der Waals surface area (Å²) in [4.78, 5) is 12.5. The summed E-state index contributed by atoms with van der Waals surface area (Å²) in [5.74, 6) is 0.997. The zero-order valence-corrected chi connectivity index (χ0v) is 17.2.